The van der Waals surface area contributed by atoms with Gasteiger partial charge in [0.15, 0.2) is 5.13 Å². The van der Waals surface area contributed by atoms with Gasteiger partial charge < -0.3 is 14.9 Å². The van der Waals surface area contributed by atoms with Crippen LogP contribution in [0.4, 0.5) is 5.13 Å². The molecule has 2 fully saturated rings. The first-order chi connectivity index (χ1) is 11.5. The second kappa shape index (κ2) is 6.00. The number of carboxylic acids is 1. The Labute approximate surface area is 147 Å². The number of aromatic nitrogens is 1. The smallest absolute Gasteiger partial charge is 0.308 e. The molecule has 1 N–H and O–H groups in total. The lowest BCUT2D eigenvalue weighted by Gasteiger charge is -2.14. The third-order valence-electron chi connectivity index (χ3n) is 4.88. The SMILES string of the molecule is C[C@@H]1CN(C(=O)c2cc3sc(N4CCCC4)nc3s2)C[C@H]1C(=O)O. The van der Waals surface area contributed by atoms with E-state index in [-0.39, 0.29) is 11.8 Å². The fraction of sp³-hybridized carbons (Fsp3) is 0.562. The fourth-order valence-electron chi connectivity index (χ4n) is 3.48. The Morgan fingerprint density at radius 2 is 2.00 bits per heavy atom. The summed E-state index contributed by atoms with van der Waals surface area (Å²) in [5, 5.41) is 10.3. The quantitative estimate of drug-likeness (QED) is 0.905. The highest BCUT2D eigenvalue weighted by Gasteiger charge is 2.37. The predicted octanol–water partition coefficient (Wildman–Crippen LogP) is 2.75. The van der Waals surface area contributed by atoms with Crippen molar-refractivity contribution in [3.8, 4) is 0 Å². The van der Waals surface area contributed by atoms with E-state index in [4.69, 9.17) is 0 Å². The molecule has 2 aliphatic rings. The van der Waals surface area contributed by atoms with E-state index < -0.39 is 11.9 Å². The summed E-state index contributed by atoms with van der Waals surface area (Å²) < 4.78 is 1.05. The maximum Gasteiger partial charge on any atom is 0.308 e. The van der Waals surface area contributed by atoms with Crippen LogP contribution in [-0.2, 0) is 4.79 Å². The molecule has 0 bridgehead atoms. The van der Waals surface area contributed by atoms with Crippen molar-refractivity contribution in [2.45, 2.75) is 19.8 Å². The van der Waals surface area contributed by atoms with Crippen molar-refractivity contribution < 1.29 is 14.7 Å². The Kier molecular flexibility index (Phi) is 3.96. The van der Waals surface area contributed by atoms with E-state index in [1.165, 1.54) is 24.2 Å². The molecule has 4 rings (SSSR count). The lowest BCUT2D eigenvalue weighted by Crippen LogP contribution is -2.29. The van der Waals surface area contributed by atoms with E-state index in [0.29, 0.717) is 18.0 Å². The van der Waals surface area contributed by atoms with Crippen molar-refractivity contribution in [1.82, 2.24) is 9.88 Å². The third kappa shape index (κ3) is 2.67. The number of hydrogen-bond acceptors (Lipinski definition) is 6. The number of fused-ring (bicyclic) bond motifs is 1. The van der Waals surface area contributed by atoms with Gasteiger partial charge in [-0.15, -0.1) is 11.3 Å². The summed E-state index contributed by atoms with van der Waals surface area (Å²) in [6.45, 7) is 4.83. The summed E-state index contributed by atoms with van der Waals surface area (Å²) >= 11 is 3.06. The van der Waals surface area contributed by atoms with E-state index in [0.717, 1.165) is 27.8 Å². The van der Waals surface area contributed by atoms with Crippen molar-refractivity contribution in [2.24, 2.45) is 11.8 Å². The Hall–Kier alpha value is -1.67. The zero-order valence-electron chi connectivity index (χ0n) is 13.4. The van der Waals surface area contributed by atoms with Crippen LogP contribution in [-0.4, -0.2) is 53.0 Å². The van der Waals surface area contributed by atoms with E-state index in [1.54, 1.807) is 16.2 Å². The van der Waals surface area contributed by atoms with Crippen LogP contribution < -0.4 is 4.90 Å². The number of anilines is 1. The summed E-state index contributed by atoms with van der Waals surface area (Å²) in [5.74, 6) is -1.35. The van der Waals surface area contributed by atoms with Crippen LogP contribution in [0.25, 0.3) is 9.53 Å². The minimum atomic E-state index is -0.818. The molecule has 8 heteroatoms. The highest BCUT2D eigenvalue weighted by atomic mass is 32.1. The lowest BCUT2D eigenvalue weighted by atomic mass is 9.99. The van der Waals surface area contributed by atoms with Gasteiger partial charge >= 0.3 is 5.97 Å². The van der Waals surface area contributed by atoms with E-state index in [2.05, 4.69) is 9.88 Å². The molecule has 4 heterocycles. The van der Waals surface area contributed by atoms with Crippen LogP contribution in [0.1, 0.15) is 29.4 Å². The molecule has 0 saturated carbocycles. The molecule has 0 unspecified atom stereocenters. The van der Waals surface area contributed by atoms with Gasteiger partial charge in [-0.25, -0.2) is 4.98 Å². The highest BCUT2D eigenvalue weighted by Crippen LogP contribution is 2.37. The number of likely N-dealkylation sites (tertiary alicyclic amines) is 1. The van der Waals surface area contributed by atoms with Crippen LogP contribution in [0.3, 0.4) is 0 Å². The van der Waals surface area contributed by atoms with Gasteiger partial charge in [0.25, 0.3) is 5.91 Å². The van der Waals surface area contributed by atoms with Crippen molar-refractivity contribution in [1.29, 1.82) is 0 Å². The number of aliphatic carboxylic acids is 1. The first-order valence-corrected chi connectivity index (χ1v) is 9.83. The number of carbonyl (C=O) groups is 2. The molecule has 0 radical (unpaired) electrons. The Bertz CT molecular complexity index is 762. The number of thiazole rings is 1. The molecule has 2 aliphatic heterocycles. The molecule has 2 aromatic heterocycles. The molecule has 128 valence electrons. The van der Waals surface area contributed by atoms with Gasteiger partial charge in [-0.3, -0.25) is 9.59 Å². The van der Waals surface area contributed by atoms with Crippen LogP contribution in [0.15, 0.2) is 6.07 Å². The first-order valence-electron chi connectivity index (χ1n) is 8.20. The number of rotatable bonds is 3. The number of carboxylic acid groups (broad SMARTS) is 1. The van der Waals surface area contributed by atoms with Crippen molar-refractivity contribution in [2.75, 3.05) is 31.1 Å². The molecule has 0 aliphatic carbocycles. The molecule has 2 aromatic rings. The normalized spacial score (nSPS) is 24.2. The third-order valence-corrected chi connectivity index (χ3v) is 7.09. The largest absolute Gasteiger partial charge is 0.481 e. The fourth-order valence-corrected chi connectivity index (χ4v) is 5.71. The highest BCUT2D eigenvalue weighted by molar-refractivity contribution is 7.29. The van der Waals surface area contributed by atoms with Gasteiger partial charge in [-0.2, -0.15) is 0 Å². The Balaban J connectivity index is 1.53. The van der Waals surface area contributed by atoms with E-state index >= 15 is 0 Å². The number of nitrogens with zero attached hydrogens (tertiary/aromatic N) is 3. The second-order valence-corrected chi connectivity index (χ2v) is 8.64. The van der Waals surface area contributed by atoms with E-state index in [9.17, 15) is 14.7 Å². The average molecular weight is 365 g/mol. The number of amides is 1. The first kappa shape index (κ1) is 15.8. The van der Waals surface area contributed by atoms with Gasteiger partial charge in [-0.05, 0) is 24.8 Å². The van der Waals surface area contributed by atoms with Crippen molar-refractivity contribution in [3.05, 3.63) is 10.9 Å². The second-order valence-electron chi connectivity index (χ2n) is 6.60. The van der Waals surface area contributed by atoms with Crippen molar-refractivity contribution in [3.63, 3.8) is 0 Å². The van der Waals surface area contributed by atoms with Crippen LogP contribution >= 0.6 is 22.7 Å². The lowest BCUT2D eigenvalue weighted by molar-refractivity contribution is -0.142. The Morgan fingerprint density at radius 1 is 1.25 bits per heavy atom. The number of carbonyl (C=O) groups excluding carboxylic acids is 1. The topological polar surface area (TPSA) is 73.7 Å². The zero-order valence-corrected chi connectivity index (χ0v) is 15.0. The summed E-state index contributed by atoms with van der Waals surface area (Å²) in [4.78, 5) is 34.1. The molecular weight excluding hydrogens is 346 g/mol. The molecule has 2 atom stereocenters. The minimum Gasteiger partial charge on any atom is -0.481 e. The van der Waals surface area contributed by atoms with Crippen LogP contribution in [0.5, 0.6) is 0 Å². The summed E-state index contributed by atoms with van der Waals surface area (Å²) in [7, 11) is 0. The van der Waals surface area contributed by atoms with Gasteiger partial charge in [0, 0.05) is 26.2 Å². The summed E-state index contributed by atoms with van der Waals surface area (Å²) in [6, 6.07) is 1.92. The van der Waals surface area contributed by atoms with Gasteiger partial charge in [0.1, 0.15) is 4.83 Å². The van der Waals surface area contributed by atoms with Crippen LogP contribution in [0.2, 0.25) is 0 Å². The molecule has 6 nitrogen and oxygen atoms in total. The summed E-state index contributed by atoms with van der Waals surface area (Å²) in [6.07, 6.45) is 2.43. The zero-order chi connectivity index (χ0) is 16.8. The monoisotopic (exact) mass is 365 g/mol. The maximum atomic E-state index is 12.7. The minimum absolute atomic E-state index is 0.00701. The number of thiophene rings is 1. The molecule has 0 aromatic carbocycles. The van der Waals surface area contributed by atoms with Crippen molar-refractivity contribution >= 4 is 49.2 Å². The molecule has 1 amide bonds. The van der Waals surface area contributed by atoms with Gasteiger partial charge in [0.2, 0.25) is 0 Å². The maximum absolute atomic E-state index is 12.7. The van der Waals surface area contributed by atoms with Crippen LogP contribution in [0, 0.1) is 11.8 Å². The standard InChI is InChI=1S/C16H19N3O3S2/c1-9-7-19(8-10(9)15(21)22)14(20)12-6-11-13(23-12)17-16(24-11)18-4-2-3-5-18/h6,9-10H,2-5,7-8H2,1H3,(H,21,22)/t9-,10-/m1/s1. The molecule has 24 heavy (non-hydrogen) atoms. The molecule has 2 saturated heterocycles. The summed E-state index contributed by atoms with van der Waals surface area (Å²) in [5.41, 5.74) is 0. The average Bonchev–Trinajstić information content (AvgIpc) is 3.28. The molecular formula is C16H19N3O3S2. The predicted molar refractivity (Wildman–Crippen MR) is 95.1 cm³/mol. The van der Waals surface area contributed by atoms with Gasteiger partial charge in [0.05, 0.1) is 15.5 Å². The van der Waals surface area contributed by atoms with Gasteiger partial charge in [-0.1, -0.05) is 18.3 Å². The molecule has 0 spiro atoms. The Morgan fingerprint density at radius 3 is 2.62 bits per heavy atom. The van der Waals surface area contributed by atoms with E-state index in [1.807, 2.05) is 13.0 Å². The number of hydrogen-bond donors (Lipinski definition) is 1.